The molecule has 1 fully saturated rings. The average Bonchev–Trinajstić information content (AvgIpc) is 2.32. The Balaban J connectivity index is 1.99. The van der Waals surface area contributed by atoms with Crippen molar-refractivity contribution in [2.75, 3.05) is 20.1 Å². The maximum atomic E-state index is 12.2. The van der Waals surface area contributed by atoms with Crippen molar-refractivity contribution in [1.29, 1.82) is 0 Å². The van der Waals surface area contributed by atoms with Crippen molar-refractivity contribution in [3.63, 3.8) is 0 Å². The molecule has 0 aromatic heterocycles. The van der Waals surface area contributed by atoms with Gasteiger partial charge in [-0.3, -0.25) is 4.79 Å². The highest BCUT2D eigenvalue weighted by Crippen LogP contribution is 2.16. The van der Waals surface area contributed by atoms with Crippen molar-refractivity contribution in [2.45, 2.75) is 26.3 Å². The van der Waals surface area contributed by atoms with Gasteiger partial charge in [-0.2, -0.15) is 0 Å². The molecule has 0 aliphatic carbocycles. The minimum Gasteiger partial charge on any atom is -0.349 e. The summed E-state index contributed by atoms with van der Waals surface area (Å²) in [4.78, 5) is 14.5. The molecule has 1 saturated heterocycles. The summed E-state index contributed by atoms with van der Waals surface area (Å²) in [6, 6.07) is 8.06. The number of likely N-dealkylation sites (tertiary alicyclic amines) is 1. The molecule has 18 heavy (non-hydrogen) atoms. The molecule has 2 rings (SSSR count). The van der Waals surface area contributed by atoms with Crippen LogP contribution in [0.15, 0.2) is 24.3 Å². The van der Waals surface area contributed by atoms with E-state index in [0.717, 1.165) is 30.6 Å². The third-order valence-electron chi connectivity index (χ3n) is 3.71. The summed E-state index contributed by atoms with van der Waals surface area (Å²) in [6.07, 6.45) is 1.04. The highest BCUT2D eigenvalue weighted by Gasteiger charge is 2.25. The van der Waals surface area contributed by atoms with Gasteiger partial charge < -0.3 is 10.2 Å². The van der Waals surface area contributed by atoms with Crippen LogP contribution >= 0.6 is 0 Å². The molecule has 98 valence electrons. The summed E-state index contributed by atoms with van der Waals surface area (Å²) in [5.74, 6) is 0.567. The number of carbonyl (C=O) groups excluding carboxylic acids is 1. The molecule has 3 heteroatoms. The highest BCUT2D eigenvalue weighted by atomic mass is 16.1. The average molecular weight is 246 g/mol. The van der Waals surface area contributed by atoms with E-state index in [1.165, 1.54) is 0 Å². The van der Waals surface area contributed by atoms with Gasteiger partial charge in [0.05, 0.1) is 0 Å². The molecular formula is C15H22N2O. The predicted octanol–water partition coefficient (Wildman–Crippen LogP) is 2.07. The first-order valence-electron chi connectivity index (χ1n) is 6.62. The first-order chi connectivity index (χ1) is 8.56. The fraction of sp³-hybridized carbons (Fsp3) is 0.533. The lowest BCUT2D eigenvalue weighted by molar-refractivity contribution is 0.0884. The van der Waals surface area contributed by atoms with Crippen LogP contribution in [0.3, 0.4) is 0 Å². The Morgan fingerprint density at radius 2 is 2.22 bits per heavy atom. The molecule has 0 unspecified atom stereocenters. The number of hydrogen-bond donors (Lipinski definition) is 1. The zero-order valence-electron chi connectivity index (χ0n) is 11.4. The summed E-state index contributed by atoms with van der Waals surface area (Å²) >= 11 is 0. The van der Waals surface area contributed by atoms with Crippen LogP contribution in [0, 0.1) is 12.8 Å². The topological polar surface area (TPSA) is 32.3 Å². The highest BCUT2D eigenvalue weighted by molar-refractivity contribution is 5.94. The van der Waals surface area contributed by atoms with Crippen molar-refractivity contribution < 1.29 is 4.79 Å². The van der Waals surface area contributed by atoms with Crippen LogP contribution in [-0.2, 0) is 0 Å². The number of nitrogens with one attached hydrogen (secondary N) is 1. The maximum absolute atomic E-state index is 12.2. The number of amides is 1. The fourth-order valence-electron chi connectivity index (χ4n) is 2.61. The molecule has 0 spiro atoms. The molecule has 0 radical (unpaired) electrons. The number of nitrogens with zero attached hydrogens (tertiary/aromatic N) is 1. The van der Waals surface area contributed by atoms with Crippen LogP contribution in [0.25, 0.3) is 0 Å². The lowest BCUT2D eigenvalue weighted by atomic mass is 9.94. The number of piperidine rings is 1. The van der Waals surface area contributed by atoms with Crippen molar-refractivity contribution in [1.82, 2.24) is 10.2 Å². The Kier molecular flexibility index (Phi) is 4.02. The molecule has 3 nitrogen and oxygen atoms in total. The lowest BCUT2D eigenvalue weighted by Gasteiger charge is -2.35. The zero-order valence-corrected chi connectivity index (χ0v) is 11.4. The molecule has 0 bridgehead atoms. The van der Waals surface area contributed by atoms with Crippen molar-refractivity contribution in [3.05, 3.63) is 35.4 Å². The predicted molar refractivity (Wildman–Crippen MR) is 73.7 cm³/mol. The van der Waals surface area contributed by atoms with Crippen LogP contribution < -0.4 is 5.32 Å². The Labute approximate surface area is 109 Å². The SMILES string of the molecule is Cc1cccc(C(=O)N[C@@H]2CCN(C)C[C@H]2C)c1. The summed E-state index contributed by atoms with van der Waals surface area (Å²) < 4.78 is 0. The molecule has 1 aromatic rings. The van der Waals surface area contributed by atoms with Gasteiger partial charge in [0.2, 0.25) is 0 Å². The molecule has 1 N–H and O–H groups in total. The standard InChI is InChI=1S/C15H22N2O/c1-11-5-4-6-13(9-11)15(18)16-14-7-8-17(3)10-12(14)2/h4-6,9,12,14H,7-8,10H2,1-3H3,(H,16,18)/t12-,14-/m1/s1. The lowest BCUT2D eigenvalue weighted by Crippen LogP contribution is -2.48. The Morgan fingerprint density at radius 3 is 2.89 bits per heavy atom. The van der Waals surface area contributed by atoms with Gasteiger partial charge >= 0.3 is 0 Å². The summed E-state index contributed by atoms with van der Waals surface area (Å²) in [5, 5.41) is 3.17. The van der Waals surface area contributed by atoms with Crippen molar-refractivity contribution in [3.8, 4) is 0 Å². The molecular weight excluding hydrogens is 224 g/mol. The minimum absolute atomic E-state index is 0.0557. The monoisotopic (exact) mass is 246 g/mol. The first kappa shape index (κ1) is 13.1. The Morgan fingerprint density at radius 1 is 1.44 bits per heavy atom. The minimum atomic E-state index is 0.0557. The second-order valence-corrected chi connectivity index (χ2v) is 5.48. The quantitative estimate of drug-likeness (QED) is 0.866. The van der Waals surface area contributed by atoms with Gasteiger partial charge in [0.25, 0.3) is 5.91 Å². The van der Waals surface area contributed by atoms with E-state index >= 15 is 0 Å². The van der Waals surface area contributed by atoms with E-state index < -0.39 is 0 Å². The van der Waals surface area contributed by atoms with Gasteiger partial charge in [-0.25, -0.2) is 0 Å². The molecule has 1 heterocycles. The molecule has 1 aliphatic rings. The largest absolute Gasteiger partial charge is 0.349 e. The zero-order chi connectivity index (χ0) is 13.1. The Hall–Kier alpha value is -1.35. The third kappa shape index (κ3) is 3.10. The molecule has 2 atom stereocenters. The summed E-state index contributed by atoms with van der Waals surface area (Å²) in [6.45, 7) is 6.33. The second kappa shape index (κ2) is 5.53. The number of rotatable bonds is 2. The number of benzene rings is 1. The third-order valence-corrected chi connectivity index (χ3v) is 3.71. The van der Waals surface area contributed by atoms with Crippen molar-refractivity contribution >= 4 is 5.91 Å². The second-order valence-electron chi connectivity index (χ2n) is 5.48. The van der Waals surface area contributed by atoms with E-state index in [0.29, 0.717) is 12.0 Å². The van der Waals surface area contributed by atoms with Gasteiger partial charge in [0.1, 0.15) is 0 Å². The van der Waals surface area contributed by atoms with Gasteiger partial charge in [0, 0.05) is 18.2 Å². The number of carbonyl (C=O) groups is 1. The van der Waals surface area contributed by atoms with Gasteiger partial charge in [-0.15, -0.1) is 0 Å². The normalized spacial score (nSPS) is 24.8. The summed E-state index contributed by atoms with van der Waals surface area (Å²) in [7, 11) is 2.13. The molecule has 1 aliphatic heterocycles. The molecule has 1 amide bonds. The van der Waals surface area contributed by atoms with E-state index in [9.17, 15) is 4.79 Å². The van der Waals surface area contributed by atoms with Crippen molar-refractivity contribution in [2.24, 2.45) is 5.92 Å². The van der Waals surface area contributed by atoms with E-state index in [1.807, 2.05) is 31.2 Å². The first-order valence-corrected chi connectivity index (χ1v) is 6.62. The molecule has 1 aromatic carbocycles. The smallest absolute Gasteiger partial charge is 0.251 e. The van der Waals surface area contributed by atoms with Gasteiger partial charge in [0.15, 0.2) is 0 Å². The Bertz CT molecular complexity index is 430. The number of aryl methyl sites for hydroxylation is 1. The van der Waals surface area contributed by atoms with E-state index in [4.69, 9.17) is 0 Å². The van der Waals surface area contributed by atoms with Crippen LogP contribution in [0.4, 0.5) is 0 Å². The van der Waals surface area contributed by atoms with Crippen LogP contribution in [-0.4, -0.2) is 37.0 Å². The summed E-state index contributed by atoms with van der Waals surface area (Å²) in [5.41, 5.74) is 1.89. The van der Waals surface area contributed by atoms with E-state index in [-0.39, 0.29) is 5.91 Å². The number of hydrogen-bond acceptors (Lipinski definition) is 2. The van der Waals surface area contributed by atoms with Crippen LogP contribution in [0.1, 0.15) is 29.3 Å². The van der Waals surface area contributed by atoms with Crippen LogP contribution in [0.2, 0.25) is 0 Å². The molecule has 0 saturated carbocycles. The van der Waals surface area contributed by atoms with E-state index in [2.05, 4.69) is 24.2 Å². The van der Waals surface area contributed by atoms with Crippen LogP contribution in [0.5, 0.6) is 0 Å². The van der Waals surface area contributed by atoms with E-state index in [1.54, 1.807) is 0 Å². The van der Waals surface area contributed by atoms with Gasteiger partial charge in [-0.05, 0) is 45.0 Å². The fourth-order valence-corrected chi connectivity index (χ4v) is 2.61. The van der Waals surface area contributed by atoms with Gasteiger partial charge in [-0.1, -0.05) is 24.6 Å². The maximum Gasteiger partial charge on any atom is 0.251 e.